The highest BCUT2D eigenvalue weighted by atomic mass is 16.5. The van der Waals surface area contributed by atoms with E-state index in [2.05, 4.69) is 71.0 Å². The molecule has 0 saturated carbocycles. The van der Waals surface area contributed by atoms with Crippen LogP contribution < -0.4 is 9.64 Å². The molecule has 3 heteroatoms. The lowest BCUT2D eigenvalue weighted by molar-refractivity contribution is -0.917. The molecule has 27 heavy (non-hydrogen) atoms. The quantitative estimate of drug-likeness (QED) is 0.708. The number of rotatable bonds is 9. The van der Waals surface area contributed by atoms with E-state index in [0.717, 1.165) is 30.8 Å². The molecule has 0 bridgehead atoms. The van der Waals surface area contributed by atoms with Gasteiger partial charge in [-0.1, -0.05) is 70.2 Å². The van der Waals surface area contributed by atoms with E-state index in [4.69, 9.17) is 4.74 Å². The molecule has 0 saturated heterocycles. The van der Waals surface area contributed by atoms with Gasteiger partial charge in [-0.15, -0.1) is 0 Å². The van der Waals surface area contributed by atoms with Crippen LogP contribution in [0.15, 0.2) is 48.5 Å². The van der Waals surface area contributed by atoms with Crippen molar-refractivity contribution >= 4 is 0 Å². The molecule has 2 aromatic rings. The highest BCUT2D eigenvalue weighted by Gasteiger charge is 2.18. The molecule has 2 aromatic carbocycles. The number of benzene rings is 2. The van der Waals surface area contributed by atoms with E-state index >= 15 is 0 Å². The molecule has 0 aromatic heterocycles. The molecule has 0 aliphatic carbocycles. The van der Waals surface area contributed by atoms with Crippen molar-refractivity contribution in [2.45, 2.75) is 59.1 Å². The minimum atomic E-state index is -0.475. The molecular formula is C24H36NO2+. The maximum atomic E-state index is 10.5. The highest BCUT2D eigenvalue weighted by molar-refractivity contribution is 5.38. The van der Waals surface area contributed by atoms with Crippen LogP contribution in [0.2, 0.25) is 0 Å². The normalized spacial score (nSPS) is 14.0. The summed E-state index contributed by atoms with van der Waals surface area (Å²) in [5.41, 5.74) is 3.86. The number of aliphatic hydroxyl groups excluding tert-OH is 1. The van der Waals surface area contributed by atoms with Gasteiger partial charge in [0.05, 0.1) is 6.54 Å². The summed E-state index contributed by atoms with van der Waals surface area (Å²) in [5, 5.41) is 10.5. The fourth-order valence-electron chi connectivity index (χ4n) is 3.36. The molecule has 1 unspecified atom stereocenters. The van der Waals surface area contributed by atoms with Gasteiger partial charge in [-0.2, -0.15) is 0 Å². The van der Waals surface area contributed by atoms with Gasteiger partial charge >= 0.3 is 0 Å². The number of quaternary nitrogens is 1. The molecule has 0 fully saturated rings. The van der Waals surface area contributed by atoms with Crippen molar-refractivity contribution in [3.8, 4) is 5.75 Å². The largest absolute Gasteiger partial charge is 0.490 e. The SMILES string of the molecule is CCC[NH+](Cc1ccccc1)C[C@@H](O)COc1ccc(C(C)(C)C)cc1C. The van der Waals surface area contributed by atoms with Gasteiger partial charge in [0.15, 0.2) is 0 Å². The minimum Gasteiger partial charge on any atom is -0.490 e. The molecule has 2 rings (SSSR count). The monoisotopic (exact) mass is 370 g/mol. The third-order valence-electron chi connectivity index (χ3n) is 4.90. The van der Waals surface area contributed by atoms with Crippen molar-refractivity contribution < 1.29 is 14.7 Å². The second kappa shape index (κ2) is 9.91. The predicted octanol–water partition coefficient (Wildman–Crippen LogP) is 3.53. The van der Waals surface area contributed by atoms with Crippen LogP contribution in [0.25, 0.3) is 0 Å². The van der Waals surface area contributed by atoms with Gasteiger partial charge in [0, 0.05) is 5.56 Å². The van der Waals surface area contributed by atoms with Gasteiger partial charge in [0.25, 0.3) is 0 Å². The minimum absolute atomic E-state index is 0.129. The van der Waals surface area contributed by atoms with Crippen LogP contribution in [0.3, 0.4) is 0 Å². The Balaban J connectivity index is 1.91. The first-order chi connectivity index (χ1) is 12.8. The average Bonchev–Trinajstić information content (AvgIpc) is 2.61. The van der Waals surface area contributed by atoms with Crippen LogP contribution in [0, 0.1) is 6.92 Å². The zero-order valence-corrected chi connectivity index (χ0v) is 17.6. The van der Waals surface area contributed by atoms with Crippen LogP contribution in [-0.4, -0.2) is 30.9 Å². The summed E-state index contributed by atoms with van der Waals surface area (Å²) in [5.74, 6) is 0.863. The van der Waals surface area contributed by atoms with Crippen LogP contribution in [0.4, 0.5) is 0 Å². The fraction of sp³-hybridized carbons (Fsp3) is 0.500. The Morgan fingerprint density at radius 2 is 1.78 bits per heavy atom. The summed E-state index contributed by atoms with van der Waals surface area (Å²) in [6.45, 7) is 13.9. The van der Waals surface area contributed by atoms with E-state index < -0.39 is 6.10 Å². The van der Waals surface area contributed by atoms with E-state index in [1.54, 1.807) is 0 Å². The summed E-state index contributed by atoms with van der Waals surface area (Å²) in [7, 11) is 0. The van der Waals surface area contributed by atoms with Gasteiger partial charge < -0.3 is 14.7 Å². The van der Waals surface area contributed by atoms with Gasteiger partial charge in [0.1, 0.15) is 31.5 Å². The third kappa shape index (κ3) is 7.00. The second-order valence-electron chi connectivity index (χ2n) is 8.56. The van der Waals surface area contributed by atoms with Crippen molar-refractivity contribution in [2.75, 3.05) is 19.7 Å². The molecule has 0 aliphatic rings. The van der Waals surface area contributed by atoms with Crippen LogP contribution in [0.1, 0.15) is 50.8 Å². The second-order valence-corrected chi connectivity index (χ2v) is 8.56. The first kappa shape index (κ1) is 21.5. The van der Waals surface area contributed by atoms with Crippen molar-refractivity contribution in [2.24, 2.45) is 0 Å². The van der Waals surface area contributed by atoms with E-state index in [1.807, 2.05) is 12.1 Å². The molecule has 2 atom stereocenters. The number of ether oxygens (including phenoxy) is 1. The average molecular weight is 371 g/mol. The summed E-state index contributed by atoms with van der Waals surface area (Å²) >= 11 is 0. The third-order valence-corrected chi connectivity index (χ3v) is 4.90. The van der Waals surface area contributed by atoms with Crippen LogP contribution >= 0.6 is 0 Å². The molecule has 0 heterocycles. The van der Waals surface area contributed by atoms with Crippen LogP contribution in [0.5, 0.6) is 5.75 Å². The molecule has 0 spiro atoms. The Morgan fingerprint density at radius 3 is 2.37 bits per heavy atom. The lowest BCUT2D eigenvalue weighted by Crippen LogP contribution is -3.12. The lowest BCUT2D eigenvalue weighted by Gasteiger charge is -2.23. The van der Waals surface area contributed by atoms with E-state index in [0.29, 0.717) is 13.2 Å². The topological polar surface area (TPSA) is 33.9 Å². The number of hydrogen-bond acceptors (Lipinski definition) is 2. The van der Waals surface area contributed by atoms with Crippen molar-refractivity contribution in [1.29, 1.82) is 0 Å². The van der Waals surface area contributed by atoms with Gasteiger partial charge in [0.2, 0.25) is 0 Å². The predicted molar refractivity (Wildman–Crippen MR) is 113 cm³/mol. The maximum absolute atomic E-state index is 10.5. The standard InChI is InChI=1S/C24H35NO2/c1-6-14-25(16-20-10-8-7-9-11-20)17-22(26)18-27-23-13-12-21(15-19(23)2)24(3,4)5/h7-13,15,22,26H,6,14,16-18H2,1-5H3/p+1/t22-/m1/s1. The molecule has 0 amide bonds. The number of aryl methyl sites for hydroxylation is 1. The Morgan fingerprint density at radius 1 is 1.07 bits per heavy atom. The van der Waals surface area contributed by atoms with E-state index in [9.17, 15) is 5.11 Å². The summed E-state index contributed by atoms with van der Waals surface area (Å²) in [4.78, 5) is 1.39. The van der Waals surface area contributed by atoms with Crippen molar-refractivity contribution in [3.05, 3.63) is 65.2 Å². The molecule has 0 aliphatic heterocycles. The Kier molecular flexibility index (Phi) is 7.88. The maximum Gasteiger partial charge on any atom is 0.137 e. The van der Waals surface area contributed by atoms with Gasteiger partial charge in [-0.25, -0.2) is 0 Å². The van der Waals surface area contributed by atoms with Crippen LogP contribution in [-0.2, 0) is 12.0 Å². The van der Waals surface area contributed by atoms with E-state index in [-0.39, 0.29) is 5.41 Å². The number of hydrogen-bond donors (Lipinski definition) is 2. The zero-order chi connectivity index (χ0) is 19.9. The van der Waals surface area contributed by atoms with Gasteiger partial charge in [-0.3, -0.25) is 0 Å². The Labute approximate surface area is 165 Å². The lowest BCUT2D eigenvalue weighted by atomic mass is 9.86. The molecule has 0 radical (unpaired) electrons. The highest BCUT2D eigenvalue weighted by Crippen LogP contribution is 2.27. The Bertz CT molecular complexity index is 691. The van der Waals surface area contributed by atoms with Gasteiger partial charge in [-0.05, 0) is 36.0 Å². The fourth-order valence-corrected chi connectivity index (χ4v) is 3.36. The first-order valence-electron chi connectivity index (χ1n) is 10.1. The van der Waals surface area contributed by atoms with E-state index in [1.165, 1.54) is 16.0 Å². The first-order valence-corrected chi connectivity index (χ1v) is 10.1. The molecule has 2 N–H and O–H groups in total. The summed E-state index contributed by atoms with van der Waals surface area (Å²) in [6.07, 6.45) is 0.625. The summed E-state index contributed by atoms with van der Waals surface area (Å²) < 4.78 is 5.93. The number of aliphatic hydroxyl groups is 1. The molecular weight excluding hydrogens is 334 g/mol. The smallest absolute Gasteiger partial charge is 0.137 e. The Hall–Kier alpha value is -1.84. The molecule has 3 nitrogen and oxygen atoms in total. The van der Waals surface area contributed by atoms with Crippen molar-refractivity contribution in [3.63, 3.8) is 0 Å². The zero-order valence-electron chi connectivity index (χ0n) is 17.6. The summed E-state index contributed by atoms with van der Waals surface area (Å²) in [6, 6.07) is 16.8. The molecule has 148 valence electrons. The number of nitrogens with one attached hydrogen (secondary N) is 1. The van der Waals surface area contributed by atoms with Crippen molar-refractivity contribution in [1.82, 2.24) is 0 Å².